The Morgan fingerprint density at radius 2 is 2.35 bits per heavy atom. The number of hydrogen-bond donors (Lipinski definition) is 2. The molecule has 2 N–H and O–H groups in total. The molecule has 1 amide bonds. The zero-order valence-corrected chi connectivity index (χ0v) is 9.43. The van der Waals surface area contributed by atoms with E-state index in [9.17, 15) is 9.59 Å². The molecule has 0 aliphatic rings. The van der Waals surface area contributed by atoms with Gasteiger partial charge in [0, 0.05) is 19.0 Å². The molecule has 0 aliphatic carbocycles. The van der Waals surface area contributed by atoms with Crippen LogP contribution in [0.25, 0.3) is 0 Å². The summed E-state index contributed by atoms with van der Waals surface area (Å²) in [4.78, 5) is 21.4. The number of aromatic nitrogens is 1. The van der Waals surface area contributed by atoms with Gasteiger partial charge in [0.1, 0.15) is 5.76 Å². The average molecular weight is 242 g/mol. The third-order valence-corrected chi connectivity index (χ3v) is 1.85. The molecule has 0 aliphatic heterocycles. The number of nitrogens with zero attached hydrogens (tertiary/aromatic N) is 1. The number of hydrogen-bond acceptors (Lipinski definition) is 5. The second-order valence-electron chi connectivity index (χ2n) is 3.41. The summed E-state index contributed by atoms with van der Waals surface area (Å²) in [6.07, 6.45) is 0.424. The van der Waals surface area contributed by atoms with Gasteiger partial charge in [-0.15, -0.1) is 0 Å². The van der Waals surface area contributed by atoms with Gasteiger partial charge in [-0.3, -0.25) is 9.59 Å². The summed E-state index contributed by atoms with van der Waals surface area (Å²) in [5.41, 5.74) is 0. The van der Waals surface area contributed by atoms with Crippen LogP contribution in [-0.2, 0) is 9.59 Å². The molecule has 0 fully saturated rings. The highest BCUT2D eigenvalue weighted by Crippen LogP contribution is 2.09. The largest absolute Gasteiger partial charge is 0.481 e. The maximum absolute atomic E-state index is 11.2. The van der Waals surface area contributed by atoms with Crippen LogP contribution in [0.4, 0.5) is 0 Å². The number of carbonyl (C=O) groups is 2. The molecule has 1 heterocycles. The smallest absolute Gasteiger partial charge is 0.303 e. The number of carboxylic acids is 1. The third-order valence-electron chi connectivity index (χ3n) is 1.85. The normalized spacial score (nSPS) is 9.94. The molecule has 1 rings (SSSR count). The van der Waals surface area contributed by atoms with E-state index in [1.54, 1.807) is 13.0 Å². The molecular weight excluding hydrogens is 228 g/mol. The average Bonchev–Trinajstić information content (AvgIpc) is 2.67. The molecule has 7 heteroatoms. The predicted octanol–water partition coefficient (Wildman–Crippen LogP) is 0.343. The molecule has 0 bridgehead atoms. The van der Waals surface area contributed by atoms with Crippen LogP contribution in [0.5, 0.6) is 5.88 Å². The summed E-state index contributed by atoms with van der Waals surface area (Å²) in [5, 5.41) is 14.5. The molecule has 17 heavy (non-hydrogen) atoms. The van der Waals surface area contributed by atoms with Gasteiger partial charge in [-0.05, 0) is 18.5 Å². The molecule has 7 nitrogen and oxygen atoms in total. The number of nitrogens with one attached hydrogen (secondary N) is 1. The molecule has 0 unspecified atom stereocenters. The number of carboxylic acid groups (broad SMARTS) is 1. The van der Waals surface area contributed by atoms with Crippen molar-refractivity contribution in [2.75, 3.05) is 13.2 Å². The molecule has 0 aromatic carbocycles. The van der Waals surface area contributed by atoms with Crippen molar-refractivity contribution in [3.8, 4) is 5.88 Å². The Morgan fingerprint density at radius 3 is 2.94 bits per heavy atom. The van der Waals surface area contributed by atoms with Crippen LogP contribution in [0.3, 0.4) is 0 Å². The van der Waals surface area contributed by atoms with E-state index in [0.29, 0.717) is 18.7 Å². The van der Waals surface area contributed by atoms with Crippen LogP contribution in [0, 0.1) is 6.92 Å². The lowest BCUT2D eigenvalue weighted by Crippen LogP contribution is -2.30. The number of aryl methyl sites for hydroxylation is 1. The SMILES string of the molecule is Cc1cc(OCC(=O)NCCCC(=O)O)no1. The predicted molar refractivity (Wildman–Crippen MR) is 56.6 cm³/mol. The second kappa shape index (κ2) is 6.51. The fraction of sp³-hybridized carbons (Fsp3) is 0.500. The minimum absolute atomic E-state index is 0.0314. The summed E-state index contributed by atoms with van der Waals surface area (Å²) in [5.74, 6) is -0.352. The minimum atomic E-state index is -0.881. The van der Waals surface area contributed by atoms with Crippen molar-refractivity contribution < 1.29 is 24.0 Å². The molecule has 0 atom stereocenters. The van der Waals surface area contributed by atoms with Crippen molar-refractivity contribution >= 4 is 11.9 Å². The maximum atomic E-state index is 11.2. The molecule has 0 saturated carbocycles. The van der Waals surface area contributed by atoms with Crippen LogP contribution >= 0.6 is 0 Å². The van der Waals surface area contributed by atoms with Crippen LogP contribution in [-0.4, -0.2) is 35.3 Å². The number of carbonyl (C=O) groups excluding carboxylic acids is 1. The lowest BCUT2D eigenvalue weighted by atomic mass is 10.3. The van der Waals surface area contributed by atoms with E-state index < -0.39 is 5.97 Å². The Kier molecular flexibility index (Phi) is 4.99. The van der Waals surface area contributed by atoms with E-state index >= 15 is 0 Å². The number of rotatable bonds is 7. The van der Waals surface area contributed by atoms with E-state index in [1.165, 1.54) is 0 Å². The molecular formula is C10H14N2O5. The van der Waals surface area contributed by atoms with Crippen molar-refractivity contribution in [2.24, 2.45) is 0 Å². The van der Waals surface area contributed by atoms with Crippen LogP contribution in [0.2, 0.25) is 0 Å². The monoisotopic (exact) mass is 242 g/mol. The highest BCUT2D eigenvalue weighted by atomic mass is 16.5. The van der Waals surface area contributed by atoms with E-state index in [4.69, 9.17) is 14.4 Å². The van der Waals surface area contributed by atoms with Gasteiger partial charge in [-0.1, -0.05) is 0 Å². The number of amides is 1. The van der Waals surface area contributed by atoms with Gasteiger partial charge in [0.15, 0.2) is 6.61 Å². The van der Waals surface area contributed by atoms with Crippen molar-refractivity contribution in [3.63, 3.8) is 0 Å². The highest BCUT2D eigenvalue weighted by Gasteiger charge is 2.05. The molecule has 1 aromatic heterocycles. The Balaban J connectivity index is 2.11. The molecule has 0 saturated heterocycles. The van der Waals surface area contributed by atoms with Crippen molar-refractivity contribution in [1.29, 1.82) is 0 Å². The molecule has 0 spiro atoms. The Hall–Kier alpha value is -2.05. The topological polar surface area (TPSA) is 102 Å². The fourth-order valence-corrected chi connectivity index (χ4v) is 1.07. The van der Waals surface area contributed by atoms with Crippen molar-refractivity contribution in [3.05, 3.63) is 11.8 Å². The summed E-state index contributed by atoms with van der Waals surface area (Å²) in [6, 6.07) is 1.57. The Labute approximate surface area is 97.7 Å². The summed E-state index contributed by atoms with van der Waals surface area (Å²) in [6.45, 7) is 1.86. The highest BCUT2D eigenvalue weighted by molar-refractivity contribution is 5.77. The van der Waals surface area contributed by atoms with Crippen LogP contribution in [0.1, 0.15) is 18.6 Å². The lowest BCUT2D eigenvalue weighted by molar-refractivity contribution is -0.137. The van der Waals surface area contributed by atoms with E-state index in [2.05, 4.69) is 10.5 Å². The first-order valence-corrected chi connectivity index (χ1v) is 5.12. The minimum Gasteiger partial charge on any atom is -0.481 e. The Morgan fingerprint density at radius 1 is 1.59 bits per heavy atom. The fourth-order valence-electron chi connectivity index (χ4n) is 1.07. The first-order valence-electron chi connectivity index (χ1n) is 5.12. The van der Waals surface area contributed by atoms with Crippen LogP contribution < -0.4 is 10.1 Å². The van der Waals surface area contributed by atoms with E-state index in [0.717, 1.165) is 0 Å². The standard InChI is InChI=1S/C10H14N2O5/c1-7-5-9(12-17-7)16-6-8(13)11-4-2-3-10(14)15/h5H,2-4,6H2,1H3,(H,11,13)(H,14,15). The molecule has 1 aromatic rings. The number of aliphatic carboxylic acids is 1. The van der Waals surface area contributed by atoms with Gasteiger partial charge in [-0.25, -0.2) is 0 Å². The van der Waals surface area contributed by atoms with Gasteiger partial charge in [-0.2, -0.15) is 0 Å². The zero-order chi connectivity index (χ0) is 12.7. The lowest BCUT2D eigenvalue weighted by Gasteiger charge is -2.03. The number of ether oxygens (including phenoxy) is 1. The quantitative estimate of drug-likeness (QED) is 0.668. The van der Waals surface area contributed by atoms with Crippen molar-refractivity contribution in [1.82, 2.24) is 10.5 Å². The second-order valence-corrected chi connectivity index (χ2v) is 3.41. The summed E-state index contributed by atoms with van der Waals surface area (Å²) >= 11 is 0. The van der Waals surface area contributed by atoms with Gasteiger partial charge < -0.3 is 19.7 Å². The van der Waals surface area contributed by atoms with E-state index in [-0.39, 0.29) is 24.8 Å². The molecule has 0 radical (unpaired) electrons. The maximum Gasteiger partial charge on any atom is 0.303 e. The van der Waals surface area contributed by atoms with Gasteiger partial charge in [0.2, 0.25) is 0 Å². The summed E-state index contributed by atoms with van der Waals surface area (Å²) in [7, 11) is 0. The van der Waals surface area contributed by atoms with E-state index in [1.807, 2.05) is 0 Å². The van der Waals surface area contributed by atoms with Gasteiger partial charge in [0.25, 0.3) is 11.8 Å². The zero-order valence-electron chi connectivity index (χ0n) is 9.43. The van der Waals surface area contributed by atoms with Crippen LogP contribution in [0.15, 0.2) is 10.6 Å². The first-order chi connectivity index (χ1) is 8.08. The van der Waals surface area contributed by atoms with Gasteiger partial charge >= 0.3 is 5.97 Å². The van der Waals surface area contributed by atoms with Crippen molar-refractivity contribution in [2.45, 2.75) is 19.8 Å². The summed E-state index contributed by atoms with van der Waals surface area (Å²) < 4.78 is 9.78. The Bertz CT molecular complexity index is 388. The molecule has 94 valence electrons. The van der Waals surface area contributed by atoms with Gasteiger partial charge in [0.05, 0.1) is 0 Å². The third kappa shape index (κ3) is 5.55. The first kappa shape index (κ1) is 13.0.